The molecule has 0 unspecified atom stereocenters. The van der Waals surface area contributed by atoms with E-state index in [4.69, 9.17) is 11.6 Å². The topological polar surface area (TPSA) is 58.2 Å². The highest BCUT2D eigenvalue weighted by Crippen LogP contribution is 2.14. The SMILES string of the molecule is Cc1ccc(NC(=O)CCNC(=O)CCl)cc1C. The highest BCUT2D eigenvalue weighted by Gasteiger charge is 2.04. The second-order valence-electron chi connectivity index (χ2n) is 4.08. The largest absolute Gasteiger partial charge is 0.355 e. The number of hydrogen-bond donors (Lipinski definition) is 2. The summed E-state index contributed by atoms with van der Waals surface area (Å²) in [6.45, 7) is 4.30. The van der Waals surface area contributed by atoms with Gasteiger partial charge in [-0.15, -0.1) is 11.6 Å². The highest BCUT2D eigenvalue weighted by atomic mass is 35.5. The molecule has 0 radical (unpaired) electrons. The van der Waals surface area contributed by atoms with Crippen LogP contribution in [-0.2, 0) is 9.59 Å². The van der Waals surface area contributed by atoms with Gasteiger partial charge in [-0.25, -0.2) is 0 Å². The van der Waals surface area contributed by atoms with E-state index >= 15 is 0 Å². The third-order valence-corrected chi connectivity index (χ3v) is 2.83. The molecule has 1 aromatic rings. The fraction of sp³-hybridized carbons (Fsp3) is 0.385. The summed E-state index contributed by atoms with van der Waals surface area (Å²) >= 11 is 5.32. The molecular weight excluding hydrogens is 252 g/mol. The third kappa shape index (κ3) is 4.75. The van der Waals surface area contributed by atoms with Crippen LogP contribution in [0.1, 0.15) is 17.5 Å². The number of hydrogen-bond acceptors (Lipinski definition) is 2. The predicted molar refractivity (Wildman–Crippen MR) is 72.9 cm³/mol. The Balaban J connectivity index is 2.40. The lowest BCUT2D eigenvalue weighted by molar-refractivity contribution is -0.119. The average Bonchev–Trinajstić information content (AvgIpc) is 2.33. The van der Waals surface area contributed by atoms with Crippen LogP contribution in [0.3, 0.4) is 0 Å². The fourth-order valence-corrected chi connectivity index (χ4v) is 1.50. The first-order valence-electron chi connectivity index (χ1n) is 5.72. The van der Waals surface area contributed by atoms with Gasteiger partial charge in [-0.3, -0.25) is 9.59 Å². The second-order valence-corrected chi connectivity index (χ2v) is 4.35. The molecule has 2 N–H and O–H groups in total. The lowest BCUT2D eigenvalue weighted by atomic mass is 10.1. The number of halogens is 1. The fourth-order valence-electron chi connectivity index (χ4n) is 1.41. The Labute approximate surface area is 112 Å². The van der Waals surface area contributed by atoms with Gasteiger partial charge in [0.05, 0.1) is 0 Å². The van der Waals surface area contributed by atoms with E-state index in [-0.39, 0.29) is 24.1 Å². The first-order chi connectivity index (χ1) is 8.52. The Morgan fingerprint density at radius 2 is 1.89 bits per heavy atom. The lowest BCUT2D eigenvalue weighted by Crippen LogP contribution is -2.28. The van der Waals surface area contributed by atoms with Crippen molar-refractivity contribution >= 4 is 29.1 Å². The standard InChI is InChI=1S/C13H17ClN2O2/c1-9-3-4-11(7-10(9)2)16-12(17)5-6-15-13(18)8-14/h3-4,7H,5-6,8H2,1-2H3,(H,15,18)(H,16,17). The van der Waals surface area contributed by atoms with Crippen molar-refractivity contribution in [3.05, 3.63) is 29.3 Å². The summed E-state index contributed by atoms with van der Waals surface area (Å²) in [6.07, 6.45) is 0.232. The minimum Gasteiger partial charge on any atom is -0.355 e. The quantitative estimate of drug-likeness (QED) is 0.803. The van der Waals surface area contributed by atoms with Crippen LogP contribution in [0.2, 0.25) is 0 Å². The summed E-state index contributed by atoms with van der Waals surface area (Å²) in [6, 6.07) is 5.74. The zero-order valence-corrected chi connectivity index (χ0v) is 11.3. The number of aryl methyl sites for hydroxylation is 2. The van der Waals surface area contributed by atoms with E-state index in [1.807, 2.05) is 32.0 Å². The van der Waals surface area contributed by atoms with Crippen LogP contribution in [0, 0.1) is 13.8 Å². The summed E-state index contributed by atoms with van der Waals surface area (Å²) < 4.78 is 0. The zero-order valence-electron chi connectivity index (χ0n) is 10.5. The van der Waals surface area contributed by atoms with Crippen molar-refractivity contribution < 1.29 is 9.59 Å². The third-order valence-electron chi connectivity index (χ3n) is 2.59. The number of amides is 2. The van der Waals surface area contributed by atoms with Gasteiger partial charge in [-0.05, 0) is 37.1 Å². The molecule has 5 heteroatoms. The number of carbonyl (C=O) groups excluding carboxylic acids is 2. The van der Waals surface area contributed by atoms with Gasteiger partial charge in [0.15, 0.2) is 0 Å². The summed E-state index contributed by atoms with van der Waals surface area (Å²) in [5.41, 5.74) is 3.08. The normalized spacial score (nSPS) is 9.94. The van der Waals surface area contributed by atoms with E-state index in [9.17, 15) is 9.59 Å². The number of benzene rings is 1. The molecule has 0 heterocycles. The summed E-state index contributed by atoms with van der Waals surface area (Å²) in [7, 11) is 0. The van der Waals surface area contributed by atoms with Crippen molar-refractivity contribution in [3.8, 4) is 0 Å². The Hall–Kier alpha value is -1.55. The molecule has 4 nitrogen and oxygen atoms in total. The molecule has 1 rings (SSSR count). The predicted octanol–water partition coefficient (Wildman–Crippen LogP) is 1.99. The highest BCUT2D eigenvalue weighted by molar-refractivity contribution is 6.27. The molecule has 98 valence electrons. The zero-order chi connectivity index (χ0) is 13.5. The van der Waals surface area contributed by atoms with Crippen LogP contribution in [-0.4, -0.2) is 24.2 Å². The molecule has 2 amide bonds. The van der Waals surface area contributed by atoms with E-state index in [0.717, 1.165) is 11.3 Å². The lowest BCUT2D eigenvalue weighted by Gasteiger charge is -2.08. The molecule has 0 saturated carbocycles. The number of carbonyl (C=O) groups is 2. The van der Waals surface area contributed by atoms with Gasteiger partial charge in [0, 0.05) is 18.7 Å². The number of alkyl halides is 1. The summed E-state index contributed by atoms with van der Waals surface area (Å²) in [4.78, 5) is 22.4. The molecule has 0 spiro atoms. The summed E-state index contributed by atoms with van der Waals surface area (Å²) in [5.74, 6) is -0.484. The molecule has 0 aliphatic heterocycles. The molecule has 0 aliphatic rings. The Kier molecular flexibility index (Phi) is 5.65. The number of nitrogens with one attached hydrogen (secondary N) is 2. The van der Waals surface area contributed by atoms with Crippen LogP contribution in [0.25, 0.3) is 0 Å². The molecule has 0 bridgehead atoms. The van der Waals surface area contributed by atoms with Gasteiger partial charge in [0.2, 0.25) is 11.8 Å². The maximum absolute atomic E-state index is 11.6. The average molecular weight is 269 g/mol. The van der Waals surface area contributed by atoms with Gasteiger partial charge >= 0.3 is 0 Å². The van der Waals surface area contributed by atoms with Crippen LogP contribution in [0.15, 0.2) is 18.2 Å². The van der Waals surface area contributed by atoms with Gasteiger partial charge in [0.1, 0.15) is 5.88 Å². The maximum Gasteiger partial charge on any atom is 0.234 e. The van der Waals surface area contributed by atoms with E-state index < -0.39 is 0 Å². The molecule has 18 heavy (non-hydrogen) atoms. The van der Waals surface area contributed by atoms with E-state index in [1.165, 1.54) is 5.56 Å². The molecule has 0 fully saturated rings. The van der Waals surface area contributed by atoms with Crippen molar-refractivity contribution in [2.24, 2.45) is 0 Å². The van der Waals surface area contributed by atoms with Crippen molar-refractivity contribution in [2.45, 2.75) is 20.3 Å². The van der Waals surface area contributed by atoms with Gasteiger partial charge in [-0.2, -0.15) is 0 Å². The van der Waals surface area contributed by atoms with Gasteiger partial charge in [0.25, 0.3) is 0 Å². The van der Waals surface area contributed by atoms with Crippen LogP contribution in [0.5, 0.6) is 0 Å². The van der Waals surface area contributed by atoms with E-state index in [1.54, 1.807) is 0 Å². The number of rotatable bonds is 5. The van der Waals surface area contributed by atoms with Crippen molar-refractivity contribution in [1.29, 1.82) is 0 Å². The maximum atomic E-state index is 11.6. The van der Waals surface area contributed by atoms with Crippen LogP contribution >= 0.6 is 11.6 Å². The Bertz CT molecular complexity index is 447. The minimum atomic E-state index is -0.268. The second kappa shape index (κ2) is 7.01. The van der Waals surface area contributed by atoms with Crippen molar-refractivity contribution in [2.75, 3.05) is 17.7 Å². The van der Waals surface area contributed by atoms with Crippen molar-refractivity contribution in [3.63, 3.8) is 0 Å². The first-order valence-corrected chi connectivity index (χ1v) is 6.26. The molecular formula is C13H17ClN2O2. The van der Waals surface area contributed by atoms with Crippen LogP contribution < -0.4 is 10.6 Å². The minimum absolute atomic E-state index is 0.0845. The monoisotopic (exact) mass is 268 g/mol. The first kappa shape index (κ1) is 14.5. The van der Waals surface area contributed by atoms with Gasteiger partial charge < -0.3 is 10.6 Å². The molecule has 0 atom stereocenters. The molecule has 0 saturated heterocycles. The smallest absolute Gasteiger partial charge is 0.234 e. The molecule has 0 aliphatic carbocycles. The Morgan fingerprint density at radius 1 is 1.17 bits per heavy atom. The number of anilines is 1. The van der Waals surface area contributed by atoms with Crippen LogP contribution in [0.4, 0.5) is 5.69 Å². The molecule has 0 aromatic heterocycles. The van der Waals surface area contributed by atoms with Crippen molar-refractivity contribution in [1.82, 2.24) is 5.32 Å². The summed E-state index contributed by atoms with van der Waals surface area (Å²) in [5, 5.41) is 5.32. The Morgan fingerprint density at radius 3 is 2.50 bits per heavy atom. The van der Waals surface area contributed by atoms with E-state index in [0.29, 0.717) is 6.54 Å². The molecule has 1 aromatic carbocycles. The van der Waals surface area contributed by atoms with Gasteiger partial charge in [-0.1, -0.05) is 6.07 Å². The van der Waals surface area contributed by atoms with E-state index in [2.05, 4.69) is 10.6 Å².